The van der Waals surface area contributed by atoms with E-state index in [1.54, 1.807) is 6.07 Å². The molecule has 2 rings (SSSR count). The quantitative estimate of drug-likeness (QED) is 0.889. The Hall–Kier alpha value is -1.06. The van der Waals surface area contributed by atoms with Crippen molar-refractivity contribution < 1.29 is 5.11 Å². The van der Waals surface area contributed by atoms with Crippen LogP contribution >= 0.6 is 0 Å². The van der Waals surface area contributed by atoms with Gasteiger partial charge >= 0.3 is 0 Å². The molecule has 0 heterocycles. The fraction of sp³-hybridized carbons (Fsp3) is 0.647. The van der Waals surface area contributed by atoms with E-state index in [-0.39, 0.29) is 11.6 Å². The van der Waals surface area contributed by atoms with Crippen LogP contribution in [-0.4, -0.2) is 35.7 Å². The number of aromatic hydroxyl groups is 1. The summed E-state index contributed by atoms with van der Waals surface area (Å²) in [6.45, 7) is 2.33. The van der Waals surface area contributed by atoms with Gasteiger partial charge < -0.3 is 15.7 Å². The largest absolute Gasteiger partial charge is 0.508 e. The molecule has 1 aromatic rings. The number of rotatable bonds is 4. The summed E-state index contributed by atoms with van der Waals surface area (Å²) >= 11 is 0. The molecule has 20 heavy (non-hydrogen) atoms. The normalized spacial score (nSPS) is 28.6. The molecule has 0 aromatic heterocycles. The van der Waals surface area contributed by atoms with Gasteiger partial charge in [-0.05, 0) is 69.8 Å². The van der Waals surface area contributed by atoms with Gasteiger partial charge in [-0.1, -0.05) is 19.1 Å². The van der Waals surface area contributed by atoms with Gasteiger partial charge in [0, 0.05) is 11.6 Å². The van der Waals surface area contributed by atoms with Gasteiger partial charge in [0.25, 0.3) is 0 Å². The minimum atomic E-state index is 0.0952. The lowest BCUT2D eigenvalue weighted by Crippen LogP contribution is -2.59. The number of nitrogens with two attached hydrogens (primary N) is 1. The number of likely N-dealkylation sites (N-methyl/N-ethyl adjacent to an activating group) is 1. The number of hydrogen-bond acceptors (Lipinski definition) is 3. The third kappa shape index (κ3) is 3.15. The third-order valence-electron chi connectivity index (χ3n) is 5.09. The fourth-order valence-corrected chi connectivity index (χ4v) is 3.54. The van der Waals surface area contributed by atoms with Crippen molar-refractivity contribution in [2.24, 2.45) is 11.7 Å². The second-order valence-electron chi connectivity index (χ2n) is 6.66. The average Bonchev–Trinajstić information content (AvgIpc) is 2.39. The Morgan fingerprint density at radius 2 is 2.00 bits per heavy atom. The Balaban J connectivity index is 2.13. The molecule has 3 heteroatoms. The van der Waals surface area contributed by atoms with E-state index < -0.39 is 0 Å². The van der Waals surface area contributed by atoms with Gasteiger partial charge in [-0.25, -0.2) is 0 Å². The van der Waals surface area contributed by atoms with Crippen LogP contribution < -0.4 is 5.73 Å². The van der Waals surface area contributed by atoms with E-state index in [9.17, 15) is 5.11 Å². The van der Waals surface area contributed by atoms with Crippen LogP contribution in [0.5, 0.6) is 5.75 Å². The molecule has 0 saturated heterocycles. The highest BCUT2D eigenvalue weighted by molar-refractivity contribution is 5.28. The monoisotopic (exact) mass is 276 g/mol. The molecule has 0 aliphatic heterocycles. The van der Waals surface area contributed by atoms with Gasteiger partial charge in [-0.3, -0.25) is 0 Å². The van der Waals surface area contributed by atoms with E-state index in [0.717, 1.165) is 17.9 Å². The van der Waals surface area contributed by atoms with Crippen molar-refractivity contribution in [3.8, 4) is 5.75 Å². The van der Waals surface area contributed by atoms with Crippen molar-refractivity contribution in [2.45, 2.75) is 50.6 Å². The molecule has 3 N–H and O–H groups in total. The number of hydrogen-bond donors (Lipinski definition) is 2. The molecule has 1 fully saturated rings. The zero-order valence-electron chi connectivity index (χ0n) is 13.0. The van der Waals surface area contributed by atoms with E-state index in [0.29, 0.717) is 5.75 Å². The topological polar surface area (TPSA) is 49.5 Å². The SMILES string of the molecule is CC1CCC(C(N)Cc2cccc(O)c2)(N(C)C)CC1. The molecule has 3 nitrogen and oxygen atoms in total. The molecule has 0 spiro atoms. The van der Waals surface area contributed by atoms with Crippen molar-refractivity contribution in [1.29, 1.82) is 0 Å². The molecule has 112 valence electrons. The lowest BCUT2D eigenvalue weighted by atomic mass is 9.71. The van der Waals surface area contributed by atoms with E-state index in [2.05, 4.69) is 25.9 Å². The molecule has 0 bridgehead atoms. The molecule has 0 amide bonds. The second kappa shape index (κ2) is 6.15. The third-order valence-corrected chi connectivity index (χ3v) is 5.09. The summed E-state index contributed by atoms with van der Waals surface area (Å²) in [4.78, 5) is 2.33. The number of benzene rings is 1. The molecular formula is C17H28N2O. The maximum Gasteiger partial charge on any atom is 0.115 e. The first-order valence-corrected chi connectivity index (χ1v) is 7.65. The lowest BCUT2D eigenvalue weighted by Gasteiger charge is -2.48. The standard InChI is InChI=1S/C17H28N2O/c1-13-7-9-17(10-8-13,19(2)3)16(18)12-14-5-4-6-15(20)11-14/h4-6,11,13,16,20H,7-10,12,18H2,1-3H3. The lowest BCUT2D eigenvalue weighted by molar-refractivity contribution is 0.0568. The van der Waals surface area contributed by atoms with Gasteiger partial charge in [0.15, 0.2) is 0 Å². The van der Waals surface area contributed by atoms with Gasteiger partial charge in [-0.2, -0.15) is 0 Å². The van der Waals surface area contributed by atoms with Crippen molar-refractivity contribution in [1.82, 2.24) is 4.90 Å². The van der Waals surface area contributed by atoms with Crippen molar-refractivity contribution in [2.75, 3.05) is 14.1 Å². The second-order valence-corrected chi connectivity index (χ2v) is 6.66. The minimum Gasteiger partial charge on any atom is -0.508 e. The van der Waals surface area contributed by atoms with Crippen LogP contribution in [0.4, 0.5) is 0 Å². The van der Waals surface area contributed by atoms with Gasteiger partial charge in [-0.15, -0.1) is 0 Å². The maximum atomic E-state index is 9.59. The predicted molar refractivity (Wildman–Crippen MR) is 83.8 cm³/mol. The summed E-state index contributed by atoms with van der Waals surface area (Å²) in [5.74, 6) is 1.14. The zero-order valence-corrected chi connectivity index (χ0v) is 13.0. The van der Waals surface area contributed by atoms with Crippen LogP contribution in [0.1, 0.15) is 38.2 Å². The van der Waals surface area contributed by atoms with Crippen LogP contribution in [-0.2, 0) is 6.42 Å². The van der Waals surface area contributed by atoms with Gasteiger partial charge in [0.2, 0.25) is 0 Å². The molecule has 0 radical (unpaired) electrons. The molecule has 1 atom stereocenters. The fourth-order valence-electron chi connectivity index (χ4n) is 3.54. The summed E-state index contributed by atoms with van der Waals surface area (Å²) in [6.07, 6.45) is 5.67. The number of phenolic OH excluding ortho intramolecular Hbond substituents is 1. The highest BCUT2D eigenvalue weighted by atomic mass is 16.3. The van der Waals surface area contributed by atoms with E-state index in [1.807, 2.05) is 18.2 Å². The molecule has 1 saturated carbocycles. The van der Waals surface area contributed by atoms with Crippen LogP contribution in [0.15, 0.2) is 24.3 Å². The van der Waals surface area contributed by atoms with Gasteiger partial charge in [0.1, 0.15) is 5.75 Å². The smallest absolute Gasteiger partial charge is 0.115 e. The van der Waals surface area contributed by atoms with Crippen molar-refractivity contribution in [3.05, 3.63) is 29.8 Å². The number of nitrogens with zero attached hydrogens (tertiary/aromatic N) is 1. The first-order chi connectivity index (χ1) is 9.44. The van der Waals surface area contributed by atoms with Crippen LogP contribution in [0, 0.1) is 5.92 Å². The van der Waals surface area contributed by atoms with Gasteiger partial charge in [0.05, 0.1) is 0 Å². The van der Waals surface area contributed by atoms with Crippen LogP contribution in [0.25, 0.3) is 0 Å². The molecule has 1 aromatic carbocycles. The molecule has 1 unspecified atom stereocenters. The highest BCUT2D eigenvalue weighted by Crippen LogP contribution is 2.38. The Labute approximate surface area is 122 Å². The summed E-state index contributed by atoms with van der Waals surface area (Å²) in [5, 5.41) is 9.59. The minimum absolute atomic E-state index is 0.0952. The summed E-state index contributed by atoms with van der Waals surface area (Å²) in [6, 6.07) is 7.58. The first kappa shape index (κ1) is 15.3. The Bertz CT molecular complexity index is 436. The maximum absolute atomic E-state index is 9.59. The highest BCUT2D eigenvalue weighted by Gasteiger charge is 2.41. The molecule has 1 aliphatic rings. The Kier molecular flexibility index (Phi) is 4.71. The first-order valence-electron chi connectivity index (χ1n) is 7.65. The van der Waals surface area contributed by atoms with E-state index in [4.69, 9.17) is 5.73 Å². The van der Waals surface area contributed by atoms with E-state index in [1.165, 1.54) is 25.7 Å². The van der Waals surface area contributed by atoms with Crippen LogP contribution in [0.3, 0.4) is 0 Å². The molecular weight excluding hydrogens is 248 g/mol. The van der Waals surface area contributed by atoms with Crippen molar-refractivity contribution in [3.63, 3.8) is 0 Å². The zero-order chi connectivity index (χ0) is 14.8. The number of phenols is 1. The predicted octanol–water partition coefficient (Wildman–Crippen LogP) is 2.77. The summed E-state index contributed by atoms with van der Waals surface area (Å²) in [5.41, 5.74) is 7.81. The summed E-state index contributed by atoms with van der Waals surface area (Å²) in [7, 11) is 4.30. The average molecular weight is 276 g/mol. The van der Waals surface area contributed by atoms with Crippen molar-refractivity contribution >= 4 is 0 Å². The molecule has 1 aliphatic carbocycles. The summed E-state index contributed by atoms with van der Waals surface area (Å²) < 4.78 is 0. The van der Waals surface area contributed by atoms with Crippen LogP contribution in [0.2, 0.25) is 0 Å². The Morgan fingerprint density at radius 3 is 2.55 bits per heavy atom. The Morgan fingerprint density at radius 1 is 1.35 bits per heavy atom. The van der Waals surface area contributed by atoms with E-state index >= 15 is 0 Å².